The number of aliphatic hydroxyl groups is 1. The summed E-state index contributed by atoms with van der Waals surface area (Å²) in [5.74, 6) is -5.64. The van der Waals surface area contributed by atoms with Gasteiger partial charge in [0.25, 0.3) is 0 Å². The van der Waals surface area contributed by atoms with Gasteiger partial charge in [0.1, 0.15) is 17.4 Å². The van der Waals surface area contributed by atoms with Gasteiger partial charge in [-0.25, -0.2) is 22.8 Å². The first kappa shape index (κ1) is 28.7. The van der Waals surface area contributed by atoms with Gasteiger partial charge in [-0.05, 0) is 75.3 Å². The number of aryl methyl sites for hydroxylation is 1. The zero-order valence-electron chi connectivity index (χ0n) is 20.5. The van der Waals surface area contributed by atoms with Crippen LogP contribution in [0, 0.1) is 24.4 Å². The summed E-state index contributed by atoms with van der Waals surface area (Å²) in [6.07, 6.45) is 5.08. The number of ether oxygens (including phenoxy) is 1. The van der Waals surface area contributed by atoms with Crippen LogP contribution in [0.5, 0.6) is 5.88 Å². The number of carbonyl (C=O) groups is 2. The predicted octanol–water partition coefficient (Wildman–Crippen LogP) is 4.28. The number of nitrogens with one attached hydrogen (secondary N) is 2. The minimum Gasteiger partial charge on any atom is -0.477 e. The fraction of sp³-hybridized carbons (Fsp3) is 0.542. The molecule has 3 rings (SSSR count). The number of anilines is 1. The smallest absolute Gasteiger partial charge is 0.344 e. The van der Waals surface area contributed by atoms with E-state index in [1.807, 2.05) is 0 Å². The van der Waals surface area contributed by atoms with Crippen molar-refractivity contribution in [3.63, 3.8) is 0 Å². The number of halogens is 3. The Morgan fingerprint density at radius 2 is 1.92 bits per heavy atom. The van der Waals surface area contributed by atoms with Crippen molar-refractivity contribution in [2.45, 2.75) is 58.2 Å². The molecule has 0 bridgehead atoms. The molecule has 1 aromatic heterocycles. The second-order valence-electron chi connectivity index (χ2n) is 8.96. The molecule has 1 aromatic carbocycles. The highest BCUT2D eigenvalue weighted by Crippen LogP contribution is 2.32. The van der Waals surface area contributed by atoms with Gasteiger partial charge in [-0.2, -0.15) is 4.37 Å². The number of carbonyl (C=O) groups excluding carboxylic acids is 1. The number of nitrogens with zero attached hydrogens (tertiary/aromatic N) is 2. The monoisotopic (exact) mass is 544 g/mol. The van der Waals surface area contributed by atoms with Gasteiger partial charge in [0, 0.05) is 13.1 Å². The van der Waals surface area contributed by atoms with Crippen LogP contribution in [0.3, 0.4) is 0 Å². The maximum atomic E-state index is 14.1. The van der Waals surface area contributed by atoms with Crippen LogP contribution in [0.1, 0.15) is 60.0 Å². The molecule has 1 saturated heterocycles. The number of rotatable bonds is 12. The number of aliphatic hydroxyl groups excluding tert-OH is 1. The van der Waals surface area contributed by atoms with E-state index in [0.29, 0.717) is 43.9 Å². The first-order chi connectivity index (χ1) is 17.7. The van der Waals surface area contributed by atoms with Crippen molar-refractivity contribution in [1.29, 1.82) is 0 Å². The van der Waals surface area contributed by atoms with Crippen molar-refractivity contribution < 1.29 is 37.7 Å². The number of hydrogen-bond donors (Lipinski definition) is 4. The highest BCUT2D eigenvalue weighted by Gasteiger charge is 2.25. The highest BCUT2D eigenvalue weighted by atomic mass is 32.1. The maximum absolute atomic E-state index is 14.1. The summed E-state index contributed by atoms with van der Waals surface area (Å²) < 4.78 is 50.9. The van der Waals surface area contributed by atoms with Gasteiger partial charge in [0.05, 0.1) is 11.7 Å². The summed E-state index contributed by atoms with van der Waals surface area (Å²) >= 11 is 0.619. The fourth-order valence-corrected chi connectivity index (χ4v) is 4.78. The number of urea groups is 1. The number of piperidine rings is 1. The summed E-state index contributed by atoms with van der Waals surface area (Å²) in [5.41, 5.74) is -1.42. The normalized spacial score (nSPS) is 14.8. The zero-order chi connectivity index (χ0) is 26.9. The Bertz CT molecular complexity index is 1090. The van der Waals surface area contributed by atoms with Crippen molar-refractivity contribution >= 4 is 28.5 Å². The Balaban J connectivity index is 1.46. The second-order valence-corrected chi connectivity index (χ2v) is 9.73. The molecule has 2 amide bonds. The molecule has 1 aliphatic rings. The summed E-state index contributed by atoms with van der Waals surface area (Å²) in [4.78, 5) is 26.2. The summed E-state index contributed by atoms with van der Waals surface area (Å²) in [5, 5.41) is 24.6. The molecule has 204 valence electrons. The maximum Gasteiger partial charge on any atom is 0.344 e. The first-order valence-corrected chi connectivity index (χ1v) is 12.9. The Labute approximate surface area is 216 Å². The van der Waals surface area contributed by atoms with Crippen molar-refractivity contribution in [3.8, 4) is 5.88 Å². The van der Waals surface area contributed by atoms with Gasteiger partial charge < -0.3 is 25.2 Å². The van der Waals surface area contributed by atoms with E-state index in [0.717, 1.165) is 32.0 Å². The van der Waals surface area contributed by atoms with Crippen LogP contribution in [0.2, 0.25) is 0 Å². The number of unbranched alkanes of at least 4 members (excludes halogenated alkanes) is 1. The van der Waals surface area contributed by atoms with Crippen LogP contribution in [0.25, 0.3) is 0 Å². The molecule has 2 aromatic rings. The van der Waals surface area contributed by atoms with Crippen molar-refractivity contribution in [3.05, 3.63) is 40.2 Å². The molecule has 1 fully saturated rings. The third kappa shape index (κ3) is 8.04. The molecule has 1 unspecified atom stereocenters. The largest absolute Gasteiger partial charge is 0.477 e. The lowest BCUT2D eigenvalue weighted by molar-refractivity contribution is 0.0692. The van der Waals surface area contributed by atoms with Gasteiger partial charge in [-0.3, -0.25) is 5.32 Å². The van der Waals surface area contributed by atoms with E-state index in [9.17, 15) is 33.0 Å². The molecule has 13 heteroatoms. The number of β-amino-alcohol motifs (C(OH)–C–C–N with tert-alkyl or cyclic N) is 1. The van der Waals surface area contributed by atoms with Gasteiger partial charge in [0.15, 0.2) is 17.2 Å². The summed E-state index contributed by atoms with van der Waals surface area (Å²) in [7, 11) is 0. The average molecular weight is 545 g/mol. The topological polar surface area (TPSA) is 124 Å². The number of amides is 2. The molecule has 9 nitrogen and oxygen atoms in total. The van der Waals surface area contributed by atoms with Crippen LogP contribution in [-0.2, 0) is 6.61 Å². The number of aromatic nitrogens is 1. The van der Waals surface area contributed by atoms with Crippen LogP contribution in [0.15, 0.2) is 6.07 Å². The van der Waals surface area contributed by atoms with Crippen LogP contribution in [-0.4, -0.2) is 63.8 Å². The molecule has 1 atom stereocenters. The fourth-order valence-electron chi connectivity index (χ4n) is 4.06. The van der Waals surface area contributed by atoms with Crippen LogP contribution < -0.4 is 15.4 Å². The Morgan fingerprint density at radius 1 is 1.19 bits per heavy atom. The Morgan fingerprint density at radius 3 is 2.62 bits per heavy atom. The lowest BCUT2D eigenvalue weighted by Gasteiger charge is -2.28. The molecule has 37 heavy (non-hydrogen) atoms. The van der Waals surface area contributed by atoms with E-state index < -0.39 is 59.2 Å². The third-order valence-corrected chi connectivity index (χ3v) is 6.80. The van der Waals surface area contributed by atoms with E-state index in [4.69, 9.17) is 4.74 Å². The SMILES string of the molecule is Cc1cc(F)c(COc2nsc(NC(=O)NCCCCC(O)CN3CCCCC3)c2C(=O)O)c(F)c1F. The Kier molecular flexibility index (Phi) is 10.5. The van der Waals surface area contributed by atoms with Gasteiger partial charge >= 0.3 is 12.0 Å². The highest BCUT2D eigenvalue weighted by molar-refractivity contribution is 7.11. The van der Waals surface area contributed by atoms with E-state index >= 15 is 0 Å². The summed E-state index contributed by atoms with van der Waals surface area (Å²) in [6, 6.07) is 0.146. The van der Waals surface area contributed by atoms with Crippen molar-refractivity contribution in [2.75, 3.05) is 31.5 Å². The molecule has 4 N–H and O–H groups in total. The molecule has 1 aliphatic heterocycles. The van der Waals surface area contributed by atoms with Crippen molar-refractivity contribution in [2.24, 2.45) is 0 Å². The van der Waals surface area contributed by atoms with Crippen LogP contribution in [0.4, 0.5) is 23.0 Å². The first-order valence-electron chi connectivity index (χ1n) is 12.1. The van der Waals surface area contributed by atoms with E-state index in [1.165, 1.54) is 13.3 Å². The minimum atomic E-state index is -1.47. The number of benzene rings is 1. The van der Waals surface area contributed by atoms with E-state index in [-0.39, 0.29) is 10.6 Å². The molecule has 0 aliphatic carbocycles. The number of likely N-dealkylation sites (tertiary alicyclic amines) is 1. The van der Waals surface area contributed by atoms with Gasteiger partial charge in [-0.15, -0.1) is 0 Å². The zero-order valence-corrected chi connectivity index (χ0v) is 21.3. The summed E-state index contributed by atoms with van der Waals surface area (Å²) in [6.45, 7) is 3.40. The average Bonchev–Trinajstić information content (AvgIpc) is 3.25. The number of carboxylic acids is 1. The molecular weight excluding hydrogens is 513 g/mol. The second kappa shape index (κ2) is 13.6. The molecule has 0 radical (unpaired) electrons. The van der Waals surface area contributed by atoms with E-state index in [1.54, 1.807) is 0 Å². The minimum absolute atomic E-state index is 0.131. The van der Waals surface area contributed by atoms with Gasteiger partial charge in [0.2, 0.25) is 5.88 Å². The quantitative estimate of drug-likeness (QED) is 0.232. The van der Waals surface area contributed by atoms with E-state index in [2.05, 4.69) is 19.9 Å². The molecule has 0 spiro atoms. The van der Waals surface area contributed by atoms with Crippen molar-refractivity contribution in [1.82, 2.24) is 14.6 Å². The number of aromatic carboxylic acids is 1. The third-order valence-electron chi connectivity index (χ3n) is 6.06. The van der Waals surface area contributed by atoms with Gasteiger partial charge in [-0.1, -0.05) is 6.42 Å². The Hall–Kier alpha value is -2.90. The lowest BCUT2D eigenvalue weighted by atomic mass is 10.1. The standard InChI is InChI=1S/C24H31F3N4O5S/c1-14-11-17(25)16(20(27)19(14)26)13-36-21-18(23(33)34)22(37-30-21)29-24(35)28-8-4-3-7-15(32)12-31-9-5-2-6-10-31/h11,15,32H,2-10,12-13H2,1H3,(H,33,34)(H2,28,29,35). The number of carboxylic acid groups (broad SMARTS) is 1. The number of hydrogen-bond acceptors (Lipinski definition) is 7. The molecular formula is C24H31F3N4O5S. The lowest BCUT2D eigenvalue weighted by Crippen LogP contribution is -2.36. The molecule has 0 saturated carbocycles. The van der Waals surface area contributed by atoms with Crippen LogP contribution >= 0.6 is 11.5 Å². The predicted molar refractivity (Wildman–Crippen MR) is 132 cm³/mol. The molecule has 2 heterocycles.